The SMILES string of the molecule is Cc1ccc(N=C2NC(=O)/C(=C/c3cc(C)n(-c4ccc(C(C)(C)C)cc4)c3C)S2)cc1C. The average Bonchev–Trinajstić information content (AvgIpc) is 3.22. The number of nitrogens with zero attached hydrogens (tertiary/aromatic N) is 2. The molecule has 1 fully saturated rings. The molecule has 2 heterocycles. The van der Waals surface area contributed by atoms with Crippen molar-refractivity contribution >= 4 is 34.6 Å². The van der Waals surface area contributed by atoms with Crippen molar-refractivity contribution in [3.05, 3.63) is 87.1 Å². The van der Waals surface area contributed by atoms with Gasteiger partial charge in [-0.3, -0.25) is 4.79 Å². The molecule has 0 atom stereocenters. The lowest BCUT2D eigenvalue weighted by Gasteiger charge is -2.20. The fraction of sp³-hybridized carbons (Fsp3) is 0.286. The first kappa shape index (κ1) is 23.1. The van der Waals surface area contributed by atoms with E-state index in [1.54, 1.807) is 0 Å². The van der Waals surface area contributed by atoms with Crippen LogP contribution in [0.25, 0.3) is 11.8 Å². The minimum atomic E-state index is -0.109. The minimum absolute atomic E-state index is 0.109. The smallest absolute Gasteiger partial charge is 0.264 e. The van der Waals surface area contributed by atoms with Gasteiger partial charge in [0.15, 0.2) is 5.17 Å². The fourth-order valence-corrected chi connectivity index (χ4v) is 4.81. The van der Waals surface area contributed by atoms with Crippen LogP contribution in [0.4, 0.5) is 5.69 Å². The number of amides is 1. The summed E-state index contributed by atoms with van der Waals surface area (Å²) in [5, 5.41) is 3.51. The van der Waals surface area contributed by atoms with Gasteiger partial charge in [-0.25, -0.2) is 4.99 Å². The van der Waals surface area contributed by atoms with E-state index in [4.69, 9.17) is 0 Å². The number of hydrogen-bond acceptors (Lipinski definition) is 3. The Balaban J connectivity index is 1.61. The van der Waals surface area contributed by atoms with E-state index in [2.05, 4.69) is 99.7 Å². The van der Waals surface area contributed by atoms with Crippen molar-refractivity contribution in [1.29, 1.82) is 0 Å². The Morgan fingerprint density at radius 2 is 1.64 bits per heavy atom. The maximum absolute atomic E-state index is 12.6. The van der Waals surface area contributed by atoms with Crippen LogP contribution in [0, 0.1) is 27.7 Å². The summed E-state index contributed by atoms with van der Waals surface area (Å²) in [5.74, 6) is -0.109. The quantitative estimate of drug-likeness (QED) is 0.435. The molecule has 170 valence electrons. The van der Waals surface area contributed by atoms with E-state index in [0.717, 1.165) is 28.3 Å². The van der Waals surface area contributed by atoms with Crippen molar-refractivity contribution in [1.82, 2.24) is 9.88 Å². The number of hydrogen-bond donors (Lipinski definition) is 1. The van der Waals surface area contributed by atoms with Gasteiger partial charge in [-0.1, -0.05) is 39.0 Å². The molecule has 0 bridgehead atoms. The molecule has 4 nitrogen and oxygen atoms in total. The van der Waals surface area contributed by atoms with Gasteiger partial charge in [0, 0.05) is 17.1 Å². The van der Waals surface area contributed by atoms with Crippen LogP contribution in [0.2, 0.25) is 0 Å². The van der Waals surface area contributed by atoms with Crippen LogP contribution >= 0.6 is 11.8 Å². The Morgan fingerprint density at radius 3 is 2.27 bits per heavy atom. The summed E-state index contributed by atoms with van der Waals surface area (Å²) in [6.07, 6.45) is 1.96. The largest absolute Gasteiger partial charge is 0.318 e. The third kappa shape index (κ3) is 4.83. The van der Waals surface area contributed by atoms with Gasteiger partial charge < -0.3 is 9.88 Å². The highest BCUT2D eigenvalue weighted by Gasteiger charge is 2.25. The van der Waals surface area contributed by atoms with Gasteiger partial charge in [-0.15, -0.1) is 0 Å². The highest BCUT2D eigenvalue weighted by molar-refractivity contribution is 8.18. The normalized spacial score (nSPS) is 16.6. The minimum Gasteiger partial charge on any atom is -0.318 e. The molecule has 1 aromatic heterocycles. The van der Waals surface area contributed by atoms with E-state index in [-0.39, 0.29) is 11.3 Å². The molecule has 3 aromatic rings. The fourth-order valence-electron chi connectivity index (χ4n) is 3.98. The molecule has 0 saturated carbocycles. The van der Waals surface area contributed by atoms with Gasteiger partial charge in [0.2, 0.25) is 0 Å². The van der Waals surface area contributed by atoms with E-state index in [1.807, 2.05) is 18.2 Å². The predicted molar refractivity (Wildman–Crippen MR) is 141 cm³/mol. The second-order valence-corrected chi connectivity index (χ2v) is 10.7. The van der Waals surface area contributed by atoms with E-state index in [0.29, 0.717) is 10.1 Å². The molecular formula is C28H31N3OS. The van der Waals surface area contributed by atoms with Crippen molar-refractivity contribution in [2.45, 2.75) is 53.9 Å². The first-order valence-corrected chi connectivity index (χ1v) is 12.0. The van der Waals surface area contributed by atoms with Gasteiger partial charge in [0.1, 0.15) is 0 Å². The van der Waals surface area contributed by atoms with Gasteiger partial charge in [-0.2, -0.15) is 0 Å². The van der Waals surface area contributed by atoms with Crippen molar-refractivity contribution in [3.8, 4) is 5.69 Å². The third-order valence-electron chi connectivity index (χ3n) is 6.12. The molecule has 0 radical (unpaired) electrons. The van der Waals surface area contributed by atoms with Crippen molar-refractivity contribution < 1.29 is 4.79 Å². The molecular weight excluding hydrogens is 426 g/mol. The van der Waals surface area contributed by atoms with Crippen LogP contribution in [-0.4, -0.2) is 15.6 Å². The number of amidine groups is 1. The number of rotatable bonds is 3. The van der Waals surface area contributed by atoms with Crippen LogP contribution in [-0.2, 0) is 10.2 Å². The van der Waals surface area contributed by atoms with Crippen LogP contribution in [0.5, 0.6) is 0 Å². The zero-order valence-corrected chi connectivity index (χ0v) is 21.2. The number of carbonyl (C=O) groups is 1. The van der Waals surface area contributed by atoms with E-state index in [9.17, 15) is 4.79 Å². The number of aryl methyl sites for hydroxylation is 3. The number of thioether (sulfide) groups is 1. The third-order valence-corrected chi connectivity index (χ3v) is 7.03. The second kappa shape index (κ2) is 8.71. The summed E-state index contributed by atoms with van der Waals surface area (Å²) in [6.45, 7) is 15.0. The molecule has 1 amide bonds. The summed E-state index contributed by atoms with van der Waals surface area (Å²) < 4.78 is 2.24. The summed E-state index contributed by atoms with van der Waals surface area (Å²) in [7, 11) is 0. The lowest BCUT2D eigenvalue weighted by Crippen LogP contribution is -2.19. The Labute approximate surface area is 200 Å². The Kier molecular flexibility index (Phi) is 6.10. The molecule has 0 spiro atoms. The second-order valence-electron chi connectivity index (χ2n) is 9.71. The molecule has 1 N–H and O–H groups in total. The predicted octanol–water partition coefficient (Wildman–Crippen LogP) is 6.90. The number of nitrogens with one attached hydrogen (secondary N) is 1. The van der Waals surface area contributed by atoms with Crippen molar-refractivity contribution in [2.75, 3.05) is 0 Å². The number of aliphatic imine (C=N–C) groups is 1. The zero-order chi connectivity index (χ0) is 23.9. The number of carbonyl (C=O) groups excluding carboxylic acids is 1. The lowest BCUT2D eigenvalue weighted by atomic mass is 9.87. The molecule has 0 unspecified atom stereocenters. The number of aromatic nitrogens is 1. The Hall–Kier alpha value is -3.05. The summed E-state index contributed by atoms with van der Waals surface area (Å²) in [6, 6.07) is 16.9. The standard InChI is InChI=1S/C28H31N3OS/c1-17-8-11-23(14-18(17)2)29-27-30-26(32)25(33-27)16-21-15-19(3)31(20(21)4)24-12-9-22(10-13-24)28(5,6)7/h8-16H,1-7H3,(H,29,30,32)/b25-16-. The Bertz CT molecular complexity index is 1290. The molecule has 2 aromatic carbocycles. The van der Waals surface area contributed by atoms with E-state index < -0.39 is 0 Å². The van der Waals surface area contributed by atoms with Gasteiger partial charge >= 0.3 is 0 Å². The summed E-state index contributed by atoms with van der Waals surface area (Å²) >= 11 is 1.38. The molecule has 33 heavy (non-hydrogen) atoms. The summed E-state index contributed by atoms with van der Waals surface area (Å²) in [5.41, 5.74) is 9.10. The molecule has 5 heteroatoms. The molecule has 1 aliphatic heterocycles. The van der Waals surface area contributed by atoms with Crippen LogP contribution < -0.4 is 5.32 Å². The van der Waals surface area contributed by atoms with Crippen LogP contribution in [0.15, 0.2) is 58.4 Å². The lowest BCUT2D eigenvalue weighted by molar-refractivity contribution is -0.115. The highest BCUT2D eigenvalue weighted by Crippen LogP contribution is 2.31. The maximum Gasteiger partial charge on any atom is 0.264 e. The average molecular weight is 458 g/mol. The van der Waals surface area contributed by atoms with Crippen molar-refractivity contribution in [2.24, 2.45) is 4.99 Å². The first-order valence-electron chi connectivity index (χ1n) is 11.2. The van der Waals surface area contributed by atoms with Crippen LogP contribution in [0.1, 0.15) is 54.4 Å². The Morgan fingerprint density at radius 1 is 0.939 bits per heavy atom. The topological polar surface area (TPSA) is 46.4 Å². The molecule has 0 aliphatic carbocycles. The van der Waals surface area contributed by atoms with E-state index >= 15 is 0 Å². The van der Waals surface area contributed by atoms with E-state index in [1.165, 1.54) is 28.5 Å². The molecule has 1 saturated heterocycles. The zero-order valence-electron chi connectivity index (χ0n) is 20.4. The maximum atomic E-state index is 12.6. The monoisotopic (exact) mass is 457 g/mol. The highest BCUT2D eigenvalue weighted by atomic mass is 32.2. The molecule has 4 rings (SSSR count). The first-order chi connectivity index (χ1) is 15.5. The van der Waals surface area contributed by atoms with Crippen molar-refractivity contribution in [3.63, 3.8) is 0 Å². The van der Waals surface area contributed by atoms with Gasteiger partial charge in [0.05, 0.1) is 10.6 Å². The number of benzene rings is 2. The van der Waals surface area contributed by atoms with Gasteiger partial charge in [-0.05, 0) is 104 Å². The van der Waals surface area contributed by atoms with Crippen LogP contribution in [0.3, 0.4) is 0 Å². The summed E-state index contributed by atoms with van der Waals surface area (Å²) in [4.78, 5) is 17.9. The molecule has 1 aliphatic rings. The van der Waals surface area contributed by atoms with Gasteiger partial charge in [0.25, 0.3) is 5.91 Å².